The average Bonchev–Trinajstić information content (AvgIpc) is 3.13. The van der Waals surface area contributed by atoms with Gasteiger partial charge in [0.2, 0.25) is 0 Å². The lowest BCUT2D eigenvalue weighted by Crippen LogP contribution is -2.29. The van der Waals surface area contributed by atoms with Gasteiger partial charge in [0.25, 0.3) is 11.7 Å². The molecule has 0 aliphatic carbocycles. The van der Waals surface area contributed by atoms with Crippen LogP contribution in [0.2, 0.25) is 0 Å². The van der Waals surface area contributed by atoms with E-state index in [2.05, 4.69) is 9.72 Å². The van der Waals surface area contributed by atoms with Gasteiger partial charge in [0, 0.05) is 24.1 Å². The Kier molecular flexibility index (Phi) is 6.56. The number of hydrogen-bond acceptors (Lipinski definition) is 7. The van der Waals surface area contributed by atoms with E-state index in [4.69, 9.17) is 9.47 Å². The normalized spacial score (nSPS) is 17.2. The van der Waals surface area contributed by atoms with Gasteiger partial charge in [0.1, 0.15) is 23.0 Å². The van der Waals surface area contributed by atoms with Crippen LogP contribution in [-0.4, -0.2) is 42.4 Å². The second-order valence-corrected chi connectivity index (χ2v) is 7.56. The Balaban J connectivity index is 1.93. The molecule has 0 bridgehead atoms. The molecule has 11 heteroatoms. The highest BCUT2D eigenvalue weighted by Gasteiger charge is 2.47. The maximum Gasteiger partial charge on any atom is 0.573 e. The standard InChI is InChI=1S/C25H19F3N2O6/c1-34-16-6-7-19(35-2)18(13-16)22(31)20-21(14-8-10-29-11-9-14)30(24(33)23(20)32)15-4-3-5-17(12-15)36-25(26,27)28/h3-13,21,31H,1-2H3/b22-20+. The number of alkyl halides is 3. The highest BCUT2D eigenvalue weighted by molar-refractivity contribution is 6.51. The van der Waals surface area contributed by atoms with Crippen molar-refractivity contribution in [2.24, 2.45) is 0 Å². The minimum atomic E-state index is -4.96. The Morgan fingerprint density at radius 1 is 0.972 bits per heavy atom. The molecule has 1 N–H and O–H groups in total. The number of anilines is 1. The van der Waals surface area contributed by atoms with Crippen molar-refractivity contribution < 1.29 is 42.1 Å². The molecule has 1 unspecified atom stereocenters. The third-order valence-electron chi connectivity index (χ3n) is 5.46. The number of aliphatic hydroxyl groups is 1. The Bertz CT molecular complexity index is 1340. The van der Waals surface area contributed by atoms with E-state index in [-0.39, 0.29) is 22.6 Å². The lowest BCUT2D eigenvalue weighted by Gasteiger charge is -2.26. The summed E-state index contributed by atoms with van der Waals surface area (Å²) in [7, 11) is 2.78. The molecule has 8 nitrogen and oxygen atoms in total. The van der Waals surface area contributed by atoms with Gasteiger partial charge in [-0.25, -0.2) is 0 Å². The molecule has 4 rings (SSSR count). The fourth-order valence-electron chi connectivity index (χ4n) is 3.93. The number of methoxy groups -OCH3 is 2. The van der Waals surface area contributed by atoms with Crippen molar-refractivity contribution in [1.82, 2.24) is 4.98 Å². The molecule has 2 heterocycles. The van der Waals surface area contributed by atoms with Crippen molar-refractivity contribution in [3.8, 4) is 17.2 Å². The van der Waals surface area contributed by atoms with Crippen LogP contribution in [0, 0.1) is 0 Å². The number of aromatic nitrogens is 1. The molecule has 1 saturated heterocycles. The summed E-state index contributed by atoms with van der Waals surface area (Å²) in [6.07, 6.45) is -2.12. The monoisotopic (exact) mass is 500 g/mol. The van der Waals surface area contributed by atoms with Crippen molar-refractivity contribution in [2.45, 2.75) is 12.4 Å². The van der Waals surface area contributed by atoms with Crippen molar-refractivity contribution >= 4 is 23.1 Å². The maximum atomic E-state index is 13.2. The molecule has 3 aromatic rings. The minimum absolute atomic E-state index is 0.0441. The first kappa shape index (κ1) is 24.6. The summed E-state index contributed by atoms with van der Waals surface area (Å²) >= 11 is 0. The number of amides is 1. The number of halogens is 3. The molecule has 0 spiro atoms. The Morgan fingerprint density at radius 2 is 1.69 bits per heavy atom. The van der Waals surface area contributed by atoms with E-state index in [0.29, 0.717) is 11.3 Å². The van der Waals surface area contributed by atoms with E-state index in [1.165, 1.54) is 63.0 Å². The summed E-state index contributed by atoms with van der Waals surface area (Å²) in [5, 5.41) is 11.3. The summed E-state index contributed by atoms with van der Waals surface area (Å²) in [5.41, 5.74) is 0.134. The van der Waals surface area contributed by atoms with Gasteiger partial charge in [0.15, 0.2) is 0 Å². The van der Waals surface area contributed by atoms with Gasteiger partial charge >= 0.3 is 6.36 Å². The van der Waals surface area contributed by atoms with Gasteiger partial charge in [-0.15, -0.1) is 13.2 Å². The summed E-state index contributed by atoms with van der Waals surface area (Å²) in [6, 6.07) is 11.1. The number of nitrogens with zero attached hydrogens (tertiary/aromatic N) is 2. The number of pyridine rings is 1. The molecule has 1 amide bonds. The van der Waals surface area contributed by atoms with Gasteiger partial charge in [-0.05, 0) is 48.0 Å². The Labute approximate surface area is 203 Å². The van der Waals surface area contributed by atoms with Gasteiger partial charge in [-0.2, -0.15) is 0 Å². The maximum absolute atomic E-state index is 13.2. The van der Waals surface area contributed by atoms with Crippen LogP contribution in [0.1, 0.15) is 17.2 Å². The largest absolute Gasteiger partial charge is 0.573 e. The van der Waals surface area contributed by atoms with Crippen molar-refractivity contribution in [3.63, 3.8) is 0 Å². The van der Waals surface area contributed by atoms with Crippen molar-refractivity contribution in [3.05, 3.63) is 83.7 Å². The quantitative estimate of drug-likeness (QED) is 0.300. The van der Waals surface area contributed by atoms with E-state index in [9.17, 15) is 27.9 Å². The van der Waals surface area contributed by atoms with Crippen molar-refractivity contribution in [2.75, 3.05) is 19.1 Å². The fraction of sp³-hybridized carbons (Fsp3) is 0.160. The predicted molar refractivity (Wildman–Crippen MR) is 122 cm³/mol. The third-order valence-corrected chi connectivity index (χ3v) is 5.46. The zero-order chi connectivity index (χ0) is 26.0. The van der Waals surface area contributed by atoms with Gasteiger partial charge in [-0.1, -0.05) is 6.07 Å². The van der Waals surface area contributed by atoms with Crippen molar-refractivity contribution in [1.29, 1.82) is 0 Å². The van der Waals surface area contributed by atoms with E-state index < -0.39 is 35.6 Å². The summed E-state index contributed by atoms with van der Waals surface area (Å²) < 4.78 is 52.9. The number of carbonyl (C=O) groups is 2. The molecule has 1 atom stereocenters. The minimum Gasteiger partial charge on any atom is -0.507 e. The number of Topliss-reactive ketones (excluding diaryl/α,β-unsaturated/α-hetero) is 1. The Morgan fingerprint density at radius 3 is 2.33 bits per heavy atom. The van der Waals surface area contributed by atoms with Crippen LogP contribution in [0.3, 0.4) is 0 Å². The SMILES string of the molecule is COc1ccc(OC)c(/C(O)=C2\C(=O)C(=O)N(c3cccc(OC(F)(F)F)c3)C2c2ccncc2)c1. The highest BCUT2D eigenvalue weighted by atomic mass is 19.4. The molecule has 0 radical (unpaired) electrons. The first-order chi connectivity index (χ1) is 17.1. The summed E-state index contributed by atoms with van der Waals surface area (Å²) in [4.78, 5) is 31.4. The highest BCUT2D eigenvalue weighted by Crippen LogP contribution is 2.44. The molecule has 1 aliphatic heterocycles. The van der Waals surface area contributed by atoms with Crippen LogP contribution in [0.25, 0.3) is 5.76 Å². The molecule has 36 heavy (non-hydrogen) atoms. The second-order valence-electron chi connectivity index (χ2n) is 7.56. The molecule has 1 fully saturated rings. The fourth-order valence-corrected chi connectivity index (χ4v) is 3.93. The lowest BCUT2D eigenvalue weighted by molar-refractivity contribution is -0.274. The number of rotatable bonds is 6. The molecule has 2 aromatic carbocycles. The number of ketones is 1. The number of carbonyl (C=O) groups excluding carboxylic acids is 2. The number of benzene rings is 2. The van der Waals surface area contributed by atoms with E-state index >= 15 is 0 Å². The third kappa shape index (κ3) is 4.67. The van der Waals surface area contributed by atoms with Crippen LogP contribution in [0.15, 0.2) is 72.6 Å². The first-order valence-corrected chi connectivity index (χ1v) is 10.4. The molecular formula is C25H19F3N2O6. The number of hydrogen-bond donors (Lipinski definition) is 1. The molecule has 1 aromatic heterocycles. The predicted octanol–water partition coefficient (Wildman–Crippen LogP) is 4.62. The molecule has 0 saturated carbocycles. The molecular weight excluding hydrogens is 481 g/mol. The van der Waals surface area contributed by atoms with Gasteiger partial charge in [0.05, 0.1) is 31.4 Å². The number of ether oxygens (including phenoxy) is 3. The number of aliphatic hydroxyl groups excluding tert-OH is 1. The smallest absolute Gasteiger partial charge is 0.507 e. The first-order valence-electron chi connectivity index (χ1n) is 10.4. The summed E-state index contributed by atoms with van der Waals surface area (Å²) in [6.45, 7) is 0. The van der Waals surface area contributed by atoms with Gasteiger partial charge in [-0.3, -0.25) is 19.5 Å². The topological polar surface area (TPSA) is 98.2 Å². The van der Waals surface area contributed by atoms with E-state index in [0.717, 1.165) is 17.0 Å². The van der Waals surface area contributed by atoms with Crippen LogP contribution < -0.4 is 19.1 Å². The average molecular weight is 500 g/mol. The van der Waals surface area contributed by atoms with Crippen LogP contribution in [0.5, 0.6) is 17.2 Å². The van der Waals surface area contributed by atoms with E-state index in [1.807, 2.05) is 0 Å². The second kappa shape index (κ2) is 9.61. The van der Waals surface area contributed by atoms with E-state index in [1.54, 1.807) is 6.07 Å². The van der Waals surface area contributed by atoms with Crippen LogP contribution in [0.4, 0.5) is 18.9 Å². The Hall–Kier alpha value is -4.54. The van der Waals surface area contributed by atoms with Gasteiger partial charge < -0.3 is 19.3 Å². The zero-order valence-corrected chi connectivity index (χ0v) is 18.9. The molecule has 1 aliphatic rings. The lowest BCUT2D eigenvalue weighted by atomic mass is 9.95. The molecule has 186 valence electrons. The summed E-state index contributed by atoms with van der Waals surface area (Å²) in [5.74, 6) is -2.66. The zero-order valence-electron chi connectivity index (χ0n) is 18.9. The van der Waals surface area contributed by atoms with Crippen LogP contribution >= 0.6 is 0 Å². The van der Waals surface area contributed by atoms with Crippen LogP contribution in [-0.2, 0) is 9.59 Å².